The molecule has 1 saturated heterocycles. The number of nitrogens with two attached hydrogens (primary N) is 1. The zero-order valence-corrected chi connectivity index (χ0v) is 10.6. The second-order valence-electron chi connectivity index (χ2n) is 4.46. The molecule has 0 spiro atoms. The summed E-state index contributed by atoms with van der Waals surface area (Å²) in [6, 6.07) is 4.80. The molecule has 94 valence electrons. The Morgan fingerprint density at radius 1 is 1.33 bits per heavy atom. The maximum Gasteiger partial charge on any atom is 0.266 e. The molecule has 0 bridgehead atoms. The van der Waals surface area contributed by atoms with Gasteiger partial charge in [-0.15, -0.1) is 11.3 Å². The van der Waals surface area contributed by atoms with E-state index in [2.05, 4.69) is 0 Å². The van der Waals surface area contributed by atoms with Crippen LogP contribution in [0.15, 0.2) is 18.2 Å². The first-order chi connectivity index (χ1) is 8.68. The molecule has 1 aliphatic heterocycles. The Morgan fingerprint density at radius 3 is 2.72 bits per heavy atom. The minimum absolute atomic E-state index is 0.0643. The van der Waals surface area contributed by atoms with Crippen LogP contribution >= 0.6 is 11.3 Å². The summed E-state index contributed by atoms with van der Waals surface area (Å²) in [4.78, 5) is 14.5. The van der Waals surface area contributed by atoms with Gasteiger partial charge in [-0.05, 0) is 25.0 Å². The van der Waals surface area contributed by atoms with Gasteiger partial charge in [0.15, 0.2) is 0 Å². The van der Waals surface area contributed by atoms with Crippen LogP contribution in [0.1, 0.15) is 22.5 Å². The molecule has 0 saturated carbocycles. The van der Waals surface area contributed by atoms with Crippen LogP contribution in [0.25, 0.3) is 10.1 Å². The number of carbonyl (C=O) groups excluding carboxylic acids is 1. The van der Waals surface area contributed by atoms with Crippen LogP contribution in [0.3, 0.4) is 0 Å². The van der Waals surface area contributed by atoms with Crippen LogP contribution < -0.4 is 5.73 Å². The van der Waals surface area contributed by atoms with Crippen molar-refractivity contribution in [3.8, 4) is 0 Å². The average Bonchev–Trinajstić information content (AvgIpc) is 2.97. The van der Waals surface area contributed by atoms with Gasteiger partial charge in [0.05, 0.1) is 11.1 Å². The van der Waals surface area contributed by atoms with Gasteiger partial charge >= 0.3 is 0 Å². The fraction of sp³-hybridized carbons (Fsp3) is 0.308. The normalized spacial score (nSPS) is 15.5. The molecule has 0 unspecified atom stereocenters. The number of likely N-dealkylation sites (tertiary alicyclic amines) is 1. The van der Waals surface area contributed by atoms with Crippen molar-refractivity contribution < 1.29 is 9.18 Å². The number of nitrogen functional groups attached to an aromatic ring is 1. The van der Waals surface area contributed by atoms with Gasteiger partial charge in [-0.25, -0.2) is 4.39 Å². The fourth-order valence-electron chi connectivity index (χ4n) is 2.35. The molecule has 5 heteroatoms. The van der Waals surface area contributed by atoms with Gasteiger partial charge in [0.25, 0.3) is 5.91 Å². The second kappa shape index (κ2) is 4.24. The summed E-state index contributed by atoms with van der Waals surface area (Å²) >= 11 is 1.28. The molecule has 0 atom stereocenters. The number of thiophene rings is 1. The number of nitrogens with zero attached hydrogens (tertiary/aromatic N) is 1. The smallest absolute Gasteiger partial charge is 0.266 e. The lowest BCUT2D eigenvalue weighted by molar-refractivity contribution is 0.0798. The van der Waals surface area contributed by atoms with Crippen LogP contribution in [0.5, 0.6) is 0 Å². The molecule has 2 heterocycles. The highest BCUT2D eigenvalue weighted by Crippen LogP contribution is 2.36. The van der Waals surface area contributed by atoms with Crippen LogP contribution in [0.2, 0.25) is 0 Å². The molecule has 1 fully saturated rings. The SMILES string of the molecule is Nc1c(C(=O)N2CCCC2)sc2cccc(F)c12. The third kappa shape index (κ3) is 1.66. The number of hydrogen-bond donors (Lipinski definition) is 1. The standard InChI is InChI=1S/C13H13FN2OS/c14-8-4-3-5-9-10(8)11(15)12(18-9)13(17)16-6-1-2-7-16/h3-5H,1-2,6-7,15H2. The van der Waals surface area contributed by atoms with Crippen molar-refractivity contribution in [2.45, 2.75) is 12.8 Å². The Bertz CT molecular complexity index is 617. The predicted molar refractivity (Wildman–Crippen MR) is 71.3 cm³/mol. The lowest BCUT2D eigenvalue weighted by Crippen LogP contribution is -2.27. The third-order valence-corrected chi connectivity index (χ3v) is 4.45. The van der Waals surface area contributed by atoms with Gasteiger partial charge in [0.1, 0.15) is 10.7 Å². The largest absolute Gasteiger partial charge is 0.397 e. The minimum Gasteiger partial charge on any atom is -0.397 e. The van der Waals surface area contributed by atoms with E-state index >= 15 is 0 Å². The molecule has 1 aliphatic rings. The Kier molecular flexibility index (Phi) is 2.70. The van der Waals surface area contributed by atoms with E-state index in [9.17, 15) is 9.18 Å². The van der Waals surface area contributed by atoms with Crippen LogP contribution in [0, 0.1) is 5.82 Å². The first-order valence-electron chi connectivity index (χ1n) is 5.94. The first kappa shape index (κ1) is 11.5. The number of amides is 1. The molecule has 3 nitrogen and oxygen atoms in total. The zero-order valence-electron chi connectivity index (χ0n) is 9.78. The van der Waals surface area contributed by atoms with E-state index in [0.29, 0.717) is 10.3 Å². The number of halogens is 1. The molecular formula is C13H13FN2OS. The van der Waals surface area contributed by atoms with E-state index < -0.39 is 0 Å². The lowest BCUT2D eigenvalue weighted by Gasteiger charge is -2.14. The highest BCUT2D eigenvalue weighted by molar-refractivity contribution is 7.21. The molecule has 3 rings (SSSR count). The van der Waals surface area contributed by atoms with Crippen molar-refractivity contribution in [1.29, 1.82) is 0 Å². The van der Waals surface area contributed by atoms with E-state index in [-0.39, 0.29) is 17.4 Å². The summed E-state index contributed by atoms with van der Waals surface area (Å²) in [6.07, 6.45) is 2.07. The topological polar surface area (TPSA) is 46.3 Å². The Balaban J connectivity index is 2.09. The highest BCUT2D eigenvalue weighted by Gasteiger charge is 2.25. The van der Waals surface area contributed by atoms with Crippen molar-refractivity contribution in [3.63, 3.8) is 0 Å². The van der Waals surface area contributed by atoms with Gasteiger partial charge in [-0.2, -0.15) is 0 Å². The van der Waals surface area contributed by atoms with Crippen LogP contribution in [-0.4, -0.2) is 23.9 Å². The molecule has 1 amide bonds. The summed E-state index contributed by atoms with van der Waals surface area (Å²) in [5.74, 6) is -0.424. The van der Waals surface area contributed by atoms with Gasteiger partial charge in [0, 0.05) is 17.8 Å². The Morgan fingerprint density at radius 2 is 2.06 bits per heavy atom. The number of hydrogen-bond acceptors (Lipinski definition) is 3. The van der Waals surface area contributed by atoms with Gasteiger partial charge < -0.3 is 10.6 Å². The zero-order chi connectivity index (χ0) is 12.7. The molecule has 0 aliphatic carbocycles. The molecule has 1 aromatic heterocycles. The van der Waals surface area contributed by atoms with E-state index in [1.54, 1.807) is 17.0 Å². The minimum atomic E-state index is -0.360. The molecule has 0 radical (unpaired) electrons. The second-order valence-corrected chi connectivity index (χ2v) is 5.51. The van der Waals surface area contributed by atoms with Gasteiger partial charge in [-0.1, -0.05) is 6.07 Å². The number of rotatable bonds is 1. The summed E-state index contributed by atoms with van der Waals surface area (Å²) in [5, 5.41) is 0.380. The molecule has 2 N–H and O–H groups in total. The Labute approximate surface area is 108 Å². The number of carbonyl (C=O) groups is 1. The van der Waals surface area contributed by atoms with Crippen molar-refractivity contribution in [1.82, 2.24) is 4.90 Å². The van der Waals surface area contributed by atoms with Crippen LogP contribution in [0.4, 0.5) is 10.1 Å². The van der Waals surface area contributed by atoms with E-state index in [1.807, 2.05) is 0 Å². The maximum absolute atomic E-state index is 13.7. The summed E-state index contributed by atoms with van der Waals surface area (Å²) < 4.78 is 14.4. The molecule has 1 aromatic carbocycles. The highest BCUT2D eigenvalue weighted by atomic mass is 32.1. The number of anilines is 1. The summed E-state index contributed by atoms with van der Waals surface area (Å²) in [5.41, 5.74) is 6.21. The first-order valence-corrected chi connectivity index (χ1v) is 6.76. The Hall–Kier alpha value is -1.62. The number of fused-ring (bicyclic) bond motifs is 1. The molecule has 2 aromatic rings. The molecule has 18 heavy (non-hydrogen) atoms. The summed E-state index contributed by atoms with van der Waals surface area (Å²) in [7, 11) is 0. The van der Waals surface area contributed by atoms with Crippen molar-refractivity contribution in [2.75, 3.05) is 18.8 Å². The van der Waals surface area contributed by atoms with Crippen molar-refractivity contribution in [3.05, 3.63) is 28.9 Å². The maximum atomic E-state index is 13.7. The van der Waals surface area contributed by atoms with Gasteiger partial charge in [0.2, 0.25) is 0 Å². The van der Waals surface area contributed by atoms with Crippen molar-refractivity contribution in [2.24, 2.45) is 0 Å². The lowest BCUT2D eigenvalue weighted by atomic mass is 10.2. The fourth-order valence-corrected chi connectivity index (χ4v) is 3.46. The van der Waals surface area contributed by atoms with E-state index in [1.165, 1.54) is 17.4 Å². The van der Waals surface area contributed by atoms with Gasteiger partial charge in [-0.3, -0.25) is 4.79 Å². The van der Waals surface area contributed by atoms with Crippen LogP contribution in [-0.2, 0) is 0 Å². The monoisotopic (exact) mass is 264 g/mol. The van der Waals surface area contributed by atoms with Crippen molar-refractivity contribution >= 4 is 33.0 Å². The predicted octanol–water partition coefficient (Wildman–Crippen LogP) is 2.86. The molecular weight excluding hydrogens is 251 g/mol. The number of benzene rings is 1. The quantitative estimate of drug-likeness (QED) is 0.861. The summed E-state index contributed by atoms with van der Waals surface area (Å²) in [6.45, 7) is 1.55. The third-order valence-electron chi connectivity index (χ3n) is 3.29. The average molecular weight is 264 g/mol. The van der Waals surface area contributed by atoms with E-state index in [0.717, 1.165) is 30.6 Å². The van der Waals surface area contributed by atoms with E-state index in [4.69, 9.17) is 5.73 Å².